The lowest BCUT2D eigenvalue weighted by molar-refractivity contribution is 0.795. The van der Waals surface area contributed by atoms with Crippen molar-refractivity contribution in [3.63, 3.8) is 0 Å². The van der Waals surface area contributed by atoms with Gasteiger partial charge >= 0.3 is 0 Å². The summed E-state index contributed by atoms with van der Waals surface area (Å²) in [7, 11) is 0. The Morgan fingerprint density at radius 2 is 1.81 bits per heavy atom. The summed E-state index contributed by atoms with van der Waals surface area (Å²) in [6.07, 6.45) is 5.61. The molecule has 0 fully saturated rings. The van der Waals surface area contributed by atoms with E-state index >= 15 is 0 Å². The Labute approximate surface area is 161 Å². The van der Waals surface area contributed by atoms with Gasteiger partial charge in [0, 0.05) is 32.0 Å². The molecule has 1 heterocycles. The van der Waals surface area contributed by atoms with Crippen LogP contribution in [0.15, 0.2) is 72.2 Å². The molecule has 0 aliphatic rings. The van der Waals surface area contributed by atoms with Crippen LogP contribution in [0.3, 0.4) is 0 Å². The molecule has 2 N–H and O–H groups in total. The highest BCUT2D eigenvalue weighted by atomic mass is 15.2. The summed E-state index contributed by atoms with van der Waals surface area (Å²) < 4.78 is 2.06. The lowest BCUT2D eigenvalue weighted by Gasteiger charge is -2.13. The van der Waals surface area contributed by atoms with E-state index in [0.29, 0.717) is 6.54 Å². The summed E-state index contributed by atoms with van der Waals surface area (Å²) in [5, 5.41) is 6.73. The fraction of sp³-hybridized carbons (Fsp3) is 0.273. The minimum Gasteiger partial charge on any atom is -0.357 e. The molecular weight excluding hydrogens is 334 g/mol. The summed E-state index contributed by atoms with van der Waals surface area (Å²) in [6, 6.07) is 17.0. The van der Waals surface area contributed by atoms with Gasteiger partial charge in [0.2, 0.25) is 0 Å². The monoisotopic (exact) mass is 361 g/mol. The largest absolute Gasteiger partial charge is 0.357 e. The van der Waals surface area contributed by atoms with Crippen molar-refractivity contribution in [2.45, 2.75) is 33.5 Å². The molecule has 5 heteroatoms. The van der Waals surface area contributed by atoms with Crippen LogP contribution in [0.2, 0.25) is 0 Å². The smallest absolute Gasteiger partial charge is 0.191 e. The van der Waals surface area contributed by atoms with Gasteiger partial charge in [-0.15, -0.1) is 0 Å². The van der Waals surface area contributed by atoms with Gasteiger partial charge in [0.1, 0.15) is 0 Å². The molecule has 0 aliphatic heterocycles. The standard InChI is InChI=1S/C22H27N5/c1-3-24-22(26-15-21-7-5-4-6-18(21)2)25-14-19-8-10-20(11-9-19)16-27-13-12-23-17-27/h4-13,17H,3,14-16H2,1-2H3,(H2,24,25,26). The molecule has 5 nitrogen and oxygen atoms in total. The fourth-order valence-corrected chi connectivity index (χ4v) is 2.84. The minimum absolute atomic E-state index is 0.647. The lowest BCUT2D eigenvalue weighted by atomic mass is 10.1. The van der Waals surface area contributed by atoms with E-state index in [1.807, 2.05) is 12.5 Å². The maximum absolute atomic E-state index is 4.71. The number of nitrogens with zero attached hydrogens (tertiary/aromatic N) is 3. The van der Waals surface area contributed by atoms with Gasteiger partial charge in [-0.25, -0.2) is 9.98 Å². The van der Waals surface area contributed by atoms with Crippen molar-refractivity contribution in [1.82, 2.24) is 20.2 Å². The molecule has 3 rings (SSSR count). The van der Waals surface area contributed by atoms with Gasteiger partial charge in [-0.1, -0.05) is 48.5 Å². The first kappa shape index (κ1) is 18.7. The number of aryl methyl sites for hydroxylation is 1. The van der Waals surface area contributed by atoms with Crippen molar-refractivity contribution in [2.24, 2.45) is 4.99 Å². The number of rotatable bonds is 7. The number of nitrogens with one attached hydrogen (secondary N) is 2. The zero-order valence-corrected chi connectivity index (χ0v) is 16.0. The number of hydrogen-bond donors (Lipinski definition) is 2. The van der Waals surface area contributed by atoms with Crippen molar-refractivity contribution in [3.8, 4) is 0 Å². The van der Waals surface area contributed by atoms with Crippen LogP contribution in [-0.2, 0) is 19.6 Å². The SMILES string of the molecule is CCNC(=NCc1ccc(Cn2ccnc2)cc1)NCc1ccccc1C. The van der Waals surface area contributed by atoms with Gasteiger partial charge in [-0.3, -0.25) is 0 Å². The Morgan fingerprint density at radius 1 is 1.04 bits per heavy atom. The van der Waals surface area contributed by atoms with Crippen molar-refractivity contribution in [3.05, 3.63) is 89.5 Å². The zero-order chi connectivity index (χ0) is 18.9. The van der Waals surface area contributed by atoms with Gasteiger partial charge in [0.05, 0.1) is 12.9 Å². The Balaban J connectivity index is 1.58. The van der Waals surface area contributed by atoms with E-state index in [1.165, 1.54) is 22.3 Å². The first-order valence-electron chi connectivity index (χ1n) is 9.35. The summed E-state index contributed by atoms with van der Waals surface area (Å²) >= 11 is 0. The van der Waals surface area contributed by atoms with E-state index in [0.717, 1.165) is 25.6 Å². The maximum atomic E-state index is 4.71. The van der Waals surface area contributed by atoms with Crippen molar-refractivity contribution < 1.29 is 0 Å². The first-order valence-corrected chi connectivity index (χ1v) is 9.35. The molecular formula is C22H27N5. The molecule has 0 saturated heterocycles. The van der Waals surface area contributed by atoms with Gasteiger partial charge < -0.3 is 15.2 Å². The summed E-state index contributed by atoms with van der Waals surface area (Å²) in [5.41, 5.74) is 5.02. The molecule has 0 radical (unpaired) electrons. The number of hydrogen-bond acceptors (Lipinski definition) is 2. The van der Waals surface area contributed by atoms with Gasteiger partial charge in [0.25, 0.3) is 0 Å². The second kappa shape index (κ2) is 9.57. The van der Waals surface area contributed by atoms with Crippen LogP contribution in [0, 0.1) is 6.92 Å². The average molecular weight is 361 g/mol. The number of aliphatic imine (C=N–C) groups is 1. The second-order valence-electron chi connectivity index (χ2n) is 6.53. The minimum atomic E-state index is 0.647. The van der Waals surface area contributed by atoms with E-state index in [-0.39, 0.29) is 0 Å². The van der Waals surface area contributed by atoms with Gasteiger partial charge in [-0.2, -0.15) is 0 Å². The lowest BCUT2D eigenvalue weighted by Crippen LogP contribution is -2.36. The van der Waals surface area contributed by atoms with Crippen LogP contribution in [0.1, 0.15) is 29.2 Å². The molecule has 0 atom stereocenters. The van der Waals surface area contributed by atoms with Crippen LogP contribution in [0.5, 0.6) is 0 Å². The van der Waals surface area contributed by atoms with Crippen molar-refractivity contribution in [1.29, 1.82) is 0 Å². The Hall–Kier alpha value is -3.08. The predicted molar refractivity (Wildman–Crippen MR) is 111 cm³/mol. The summed E-state index contributed by atoms with van der Waals surface area (Å²) in [4.78, 5) is 8.79. The Morgan fingerprint density at radius 3 is 2.52 bits per heavy atom. The van der Waals surface area contributed by atoms with Crippen LogP contribution < -0.4 is 10.6 Å². The molecule has 0 saturated carbocycles. The highest BCUT2D eigenvalue weighted by molar-refractivity contribution is 5.79. The molecule has 140 valence electrons. The quantitative estimate of drug-likeness (QED) is 0.500. The van der Waals surface area contributed by atoms with E-state index in [2.05, 4.69) is 82.6 Å². The van der Waals surface area contributed by atoms with E-state index in [4.69, 9.17) is 4.99 Å². The molecule has 27 heavy (non-hydrogen) atoms. The molecule has 3 aromatic rings. The van der Waals surface area contributed by atoms with Gasteiger partial charge in [0.15, 0.2) is 5.96 Å². The topological polar surface area (TPSA) is 54.2 Å². The number of benzene rings is 2. The zero-order valence-electron chi connectivity index (χ0n) is 16.0. The third-order valence-electron chi connectivity index (χ3n) is 4.42. The summed E-state index contributed by atoms with van der Waals surface area (Å²) in [5.74, 6) is 0.836. The number of guanidine groups is 1. The van der Waals surface area contributed by atoms with Crippen LogP contribution in [0.4, 0.5) is 0 Å². The molecule has 2 aromatic carbocycles. The predicted octanol–water partition coefficient (Wildman–Crippen LogP) is 3.50. The third kappa shape index (κ3) is 5.71. The first-order chi connectivity index (χ1) is 13.2. The molecule has 0 aliphatic carbocycles. The molecule has 0 unspecified atom stereocenters. The molecule has 0 spiro atoms. The number of aromatic nitrogens is 2. The van der Waals surface area contributed by atoms with Crippen LogP contribution in [0.25, 0.3) is 0 Å². The third-order valence-corrected chi connectivity index (χ3v) is 4.42. The van der Waals surface area contributed by atoms with Gasteiger partial charge in [-0.05, 0) is 36.1 Å². The highest BCUT2D eigenvalue weighted by Crippen LogP contribution is 2.08. The Bertz CT molecular complexity index is 851. The summed E-state index contributed by atoms with van der Waals surface area (Å²) in [6.45, 7) is 7.30. The molecule has 1 aromatic heterocycles. The normalized spacial score (nSPS) is 11.4. The average Bonchev–Trinajstić information content (AvgIpc) is 3.19. The van der Waals surface area contributed by atoms with E-state index in [1.54, 1.807) is 6.20 Å². The number of imidazole rings is 1. The molecule has 0 amide bonds. The van der Waals surface area contributed by atoms with Crippen molar-refractivity contribution in [2.75, 3.05) is 6.54 Å². The van der Waals surface area contributed by atoms with Crippen molar-refractivity contribution >= 4 is 5.96 Å². The molecule has 0 bridgehead atoms. The van der Waals surface area contributed by atoms with Crippen LogP contribution >= 0.6 is 0 Å². The fourth-order valence-electron chi connectivity index (χ4n) is 2.84. The van der Waals surface area contributed by atoms with E-state index < -0.39 is 0 Å². The van der Waals surface area contributed by atoms with Crippen LogP contribution in [-0.4, -0.2) is 22.1 Å². The second-order valence-corrected chi connectivity index (χ2v) is 6.53. The Kier molecular flexibility index (Phi) is 6.63. The van der Waals surface area contributed by atoms with E-state index in [9.17, 15) is 0 Å². The maximum Gasteiger partial charge on any atom is 0.191 e. The highest BCUT2D eigenvalue weighted by Gasteiger charge is 2.01.